The van der Waals surface area contributed by atoms with E-state index < -0.39 is 18.0 Å². The number of carbonyl (C=O) groups is 2. The van der Waals surface area contributed by atoms with Crippen LogP contribution in [0.1, 0.15) is 22.7 Å². The zero-order chi connectivity index (χ0) is 17.8. The highest BCUT2D eigenvalue weighted by Crippen LogP contribution is 2.31. The molecule has 6 nitrogen and oxygen atoms in total. The second-order valence-corrected chi connectivity index (χ2v) is 5.74. The molecule has 7 heteroatoms. The van der Waals surface area contributed by atoms with Gasteiger partial charge in [0.2, 0.25) is 5.91 Å². The summed E-state index contributed by atoms with van der Waals surface area (Å²) in [5.41, 5.74) is 2.17. The number of hydrogen-bond donors (Lipinski definition) is 1. The lowest BCUT2D eigenvalue weighted by Crippen LogP contribution is -2.47. The summed E-state index contributed by atoms with van der Waals surface area (Å²) in [5, 5.41) is 2.79. The van der Waals surface area contributed by atoms with Crippen LogP contribution in [0.3, 0.4) is 0 Å². The average Bonchev–Trinajstić information content (AvgIpc) is 2.65. The second-order valence-electron chi connectivity index (χ2n) is 5.74. The molecule has 2 aromatic rings. The Hall–Kier alpha value is -2.96. The predicted octanol–water partition coefficient (Wildman–Crippen LogP) is 2.20. The summed E-state index contributed by atoms with van der Waals surface area (Å²) < 4.78 is 18.5. The Morgan fingerprint density at radius 2 is 2.24 bits per heavy atom. The van der Waals surface area contributed by atoms with Crippen LogP contribution in [0.2, 0.25) is 0 Å². The van der Waals surface area contributed by atoms with Gasteiger partial charge in [-0.3, -0.25) is 14.7 Å². The first-order valence-electron chi connectivity index (χ1n) is 7.89. The fourth-order valence-corrected chi connectivity index (χ4v) is 2.97. The molecular formula is C18H18FN3O3. The fourth-order valence-electron chi connectivity index (χ4n) is 2.97. The molecule has 3 rings (SSSR count). The third kappa shape index (κ3) is 3.60. The van der Waals surface area contributed by atoms with Crippen LogP contribution in [-0.2, 0) is 22.5 Å². The Bertz CT molecular complexity index is 782. The smallest absolute Gasteiger partial charge is 0.410 e. The number of methoxy groups -OCH3 is 1. The first-order chi connectivity index (χ1) is 12.1. The van der Waals surface area contributed by atoms with E-state index in [9.17, 15) is 14.0 Å². The number of rotatable bonds is 3. The molecule has 0 radical (unpaired) electrons. The number of benzene rings is 1. The molecule has 1 N–H and O–H groups in total. The van der Waals surface area contributed by atoms with Crippen LogP contribution in [0.4, 0.5) is 9.18 Å². The van der Waals surface area contributed by atoms with Crippen molar-refractivity contribution in [2.45, 2.75) is 19.0 Å². The monoisotopic (exact) mass is 343 g/mol. The van der Waals surface area contributed by atoms with Crippen LogP contribution in [0, 0.1) is 5.82 Å². The lowest BCUT2D eigenvalue weighted by molar-refractivity contribution is -0.126. The highest BCUT2D eigenvalue weighted by Gasteiger charge is 2.36. The summed E-state index contributed by atoms with van der Waals surface area (Å²) in [4.78, 5) is 30.2. The molecule has 0 spiro atoms. The van der Waals surface area contributed by atoms with Gasteiger partial charge in [0.1, 0.15) is 11.9 Å². The van der Waals surface area contributed by atoms with Gasteiger partial charge in [-0.25, -0.2) is 9.18 Å². The highest BCUT2D eigenvalue weighted by atomic mass is 19.1. The molecule has 1 aliphatic rings. The Morgan fingerprint density at radius 1 is 1.40 bits per heavy atom. The van der Waals surface area contributed by atoms with Crippen LogP contribution >= 0.6 is 0 Å². The van der Waals surface area contributed by atoms with Gasteiger partial charge in [0.05, 0.1) is 7.11 Å². The number of fused-ring (bicyclic) bond motifs is 1. The van der Waals surface area contributed by atoms with Gasteiger partial charge in [0.25, 0.3) is 0 Å². The van der Waals surface area contributed by atoms with Crippen molar-refractivity contribution in [3.63, 3.8) is 0 Å². The van der Waals surface area contributed by atoms with Gasteiger partial charge in [-0.05, 0) is 41.3 Å². The molecule has 1 aliphatic heterocycles. The minimum atomic E-state index is -0.927. The van der Waals surface area contributed by atoms with E-state index in [2.05, 4.69) is 10.3 Å². The third-order valence-corrected chi connectivity index (χ3v) is 4.18. The lowest BCUT2D eigenvalue weighted by atomic mass is 9.92. The van der Waals surface area contributed by atoms with Crippen molar-refractivity contribution in [3.05, 3.63) is 65.2 Å². The maximum atomic E-state index is 13.7. The molecule has 1 atom stereocenters. The number of aromatic nitrogens is 1. The molecule has 2 amide bonds. The van der Waals surface area contributed by atoms with Crippen LogP contribution in [-0.4, -0.2) is 35.5 Å². The molecule has 130 valence electrons. The molecule has 0 saturated carbocycles. The van der Waals surface area contributed by atoms with Gasteiger partial charge < -0.3 is 10.1 Å². The lowest BCUT2D eigenvalue weighted by Gasteiger charge is -2.35. The largest absolute Gasteiger partial charge is 0.453 e. The zero-order valence-corrected chi connectivity index (χ0v) is 13.7. The number of nitrogens with zero attached hydrogens (tertiary/aromatic N) is 2. The van der Waals surface area contributed by atoms with Crippen LogP contribution in [0.25, 0.3) is 0 Å². The quantitative estimate of drug-likeness (QED) is 0.927. The van der Waals surface area contributed by atoms with E-state index >= 15 is 0 Å². The topological polar surface area (TPSA) is 71.5 Å². The minimum Gasteiger partial charge on any atom is -0.453 e. The van der Waals surface area contributed by atoms with E-state index in [1.807, 2.05) is 6.07 Å². The number of pyridine rings is 1. The standard InChI is InChI=1S/C18H18FN3O3/c1-25-18(24)22-8-6-13-4-5-14(19)9-15(13)16(22)17(23)21-11-12-3-2-7-20-10-12/h2-5,7,9-10,16H,6,8,11H2,1H3,(H,21,23). The van der Waals surface area contributed by atoms with Crippen LogP contribution in [0.15, 0.2) is 42.7 Å². The van der Waals surface area contributed by atoms with Gasteiger partial charge in [-0.2, -0.15) is 0 Å². The zero-order valence-electron chi connectivity index (χ0n) is 13.7. The maximum absolute atomic E-state index is 13.7. The van der Waals surface area contributed by atoms with Crippen molar-refractivity contribution in [2.24, 2.45) is 0 Å². The van der Waals surface area contributed by atoms with Gasteiger partial charge in [-0.15, -0.1) is 0 Å². The number of carbonyl (C=O) groups excluding carboxylic acids is 2. The van der Waals surface area contributed by atoms with E-state index in [1.165, 1.54) is 24.1 Å². The molecule has 0 fully saturated rings. The van der Waals surface area contributed by atoms with Crippen molar-refractivity contribution in [2.75, 3.05) is 13.7 Å². The Balaban J connectivity index is 1.87. The van der Waals surface area contributed by atoms with E-state index in [1.54, 1.807) is 24.5 Å². The molecular weight excluding hydrogens is 325 g/mol. The van der Waals surface area contributed by atoms with Gasteiger partial charge >= 0.3 is 6.09 Å². The molecule has 0 aliphatic carbocycles. The molecule has 1 aromatic carbocycles. The van der Waals surface area contributed by atoms with Gasteiger partial charge in [0.15, 0.2) is 0 Å². The first kappa shape index (κ1) is 16.9. The molecule has 2 heterocycles. The number of amides is 2. The summed E-state index contributed by atoms with van der Waals surface area (Å²) in [6, 6.07) is 6.99. The van der Waals surface area contributed by atoms with Gasteiger partial charge in [-0.1, -0.05) is 12.1 Å². The average molecular weight is 343 g/mol. The number of hydrogen-bond acceptors (Lipinski definition) is 4. The third-order valence-electron chi connectivity index (χ3n) is 4.18. The SMILES string of the molecule is COC(=O)N1CCc2ccc(F)cc2C1C(=O)NCc1cccnc1. The normalized spacial score (nSPS) is 16.1. The molecule has 0 saturated heterocycles. The number of halogens is 1. The number of ether oxygens (including phenoxy) is 1. The first-order valence-corrected chi connectivity index (χ1v) is 7.89. The minimum absolute atomic E-state index is 0.267. The van der Waals surface area contributed by atoms with Crippen molar-refractivity contribution < 1.29 is 18.7 Å². The number of nitrogens with one attached hydrogen (secondary N) is 1. The molecule has 1 unspecified atom stereocenters. The second kappa shape index (κ2) is 7.29. The predicted molar refractivity (Wildman–Crippen MR) is 88.0 cm³/mol. The van der Waals surface area contributed by atoms with E-state index in [0.29, 0.717) is 18.5 Å². The molecule has 25 heavy (non-hydrogen) atoms. The Kier molecular flexibility index (Phi) is 4.92. The van der Waals surface area contributed by atoms with E-state index in [-0.39, 0.29) is 12.5 Å². The summed E-state index contributed by atoms with van der Waals surface area (Å²) in [6.07, 6.45) is 3.21. The highest BCUT2D eigenvalue weighted by molar-refractivity contribution is 5.87. The Labute approximate surface area is 144 Å². The Morgan fingerprint density at radius 3 is 2.96 bits per heavy atom. The van der Waals surface area contributed by atoms with E-state index in [4.69, 9.17) is 4.74 Å². The summed E-state index contributed by atoms with van der Waals surface area (Å²) >= 11 is 0. The summed E-state index contributed by atoms with van der Waals surface area (Å²) in [6.45, 7) is 0.596. The van der Waals surface area contributed by atoms with Gasteiger partial charge in [0, 0.05) is 25.5 Å². The summed E-state index contributed by atoms with van der Waals surface area (Å²) in [5.74, 6) is -0.837. The molecule has 1 aromatic heterocycles. The summed E-state index contributed by atoms with van der Waals surface area (Å²) in [7, 11) is 1.26. The fraction of sp³-hybridized carbons (Fsp3) is 0.278. The van der Waals surface area contributed by atoms with Crippen LogP contribution < -0.4 is 5.32 Å². The van der Waals surface area contributed by atoms with Crippen molar-refractivity contribution in [1.29, 1.82) is 0 Å². The van der Waals surface area contributed by atoms with Crippen molar-refractivity contribution in [3.8, 4) is 0 Å². The molecule has 0 bridgehead atoms. The van der Waals surface area contributed by atoms with E-state index in [0.717, 1.165) is 11.1 Å². The maximum Gasteiger partial charge on any atom is 0.410 e. The van der Waals surface area contributed by atoms with Crippen LogP contribution in [0.5, 0.6) is 0 Å². The van der Waals surface area contributed by atoms with Crippen molar-refractivity contribution >= 4 is 12.0 Å². The van der Waals surface area contributed by atoms with Crippen molar-refractivity contribution in [1.82, 2.24) is 15.2 Å².